The summed E-state index contributed by atoms with van der Waals surface area (Å²) < 4.78 is 0. The molecule has 1 fully saturated rings. The number of nitrogens with one attached hydrogen (secondary N) is 2. The fourth-order valence-electron chi connectivity index (χ4n) is 3.13. The van der Waals surface area contributed by atoms with Crippen LogP contribution in [-0.4, -0.2) is 46.3 Å². The molecule has 27 heavy (non-hydrogen) atoms. The van der Waals surface area contributed by atoms with Crippen molar-refractivity contribution >= 4 is 28.3 Å². The van der Waals surface area contributed by atoms with Gasteiger partial charge in [0, 0.05) is 17.6 Å². The number of rotatable bonds is 6. The zero-order valence-electron chi connectivity index (χ0n) is 15.7. The van der Waals surface area contributed by atoms with E-state index >= 15 is 0 Å². The summed E-state index contributed by atoms with van der Waals surface area (Å²) in [4.78, 5) is 36.4. The van der Waals surface area contributed by atoms with Gasteiger partial charge in [0.05, 0.1) is 30.4 Å². The molecule has 1 aliphatic rings. The summed E-state index contributed by atoms with van der Waals surface area (Å²) in [6.07, 6.45) is 3.47. The molecule has 3 heterocycles. The van der Waals surface area contributed by atoms with Crippen molar-refractivity contribution in [1.29, 1.82) is 0 Å². The zero-order chi connectivity index (χ0) is 19.2. The van der Waals surface area contributed by atoms with Crippen LogP contribution < -0.4 is 10.6 Å². The fraction of sp³-hybridized carbons (Fsp3) is 0.474. The van der Waals surface area contributed by atoms with Crippen molar-refractivity contribution in [1.82, 2.24) is 20.2 Å². The molecule has 0 aromatic carbocycles. The van der Waals surface area contributed by atoms with Gasteiger partial charge in [-0.05, 0) is 45.4 Å². The summed E-state index contributed by atoms with van der Waals surface area (Å²) in [6, 6.07) is 5.64. The van der Waals surface area contributed by atoms with Crippen LogP contribution in [0.25, 0.3) is 0 Å². The number of carbonyl (C=O) groups is 2. The second-order valence-electron chi connectivity index (χ2n) is 6.82. The number of anilines is 1. The Hall–Kier alpha value is -2.32. The molecule has 1 aliphatic heterocycles. The Morgan fingerprint density at radius 2 is 2.19 bits per heavy atom. The van der Waals surface area contributed by atoms with Crippen LogP contribution >= 0.6 is 11.3 Å². The topological polar surface area (TPSA) is 87.2 Å². The maximum absolute atomic E-state index is 12.5. The van der Waals surface area contributed by atoms with Crippen molar-refractivity contribution in [3.05, 3.63) is 40.7 Å². The lowest BCUT2D eigenvalue weighted by atomic mass is 9.97. The van der Waals surface area contributed by atoms with Gasteiger partial charge in [-0.3, -0.25) is 19.5 Å². The van der Waals surface area contributed by atoms with E-state index in [2.05, 4.69) is 20.6 Å². The van der Waals surface area contributed by atoms with Crippen LogP contribution in [0.2, 0.25) is 0 Å². The molecule has 0 spiro atoms. The molecule has 0 saturated carbocycles. The smallest absolute Gasteiger partial charge is 0.240 e. The van der Waals surface area contributed by atoms with Crippen LogP contribution in [0.15, 0.2) is 24.4 Å². The number of nitrogens with zero attached hydrogens (tertiary/aromatic N) is 3. The SMILES string of the molecule is Cc1nc(NC(=O)CN2CCCC(C(=O)NCc3ccccn3)C2)sc1C. The Balaban J connectivity index is 1.46. The highest BCUT2D eigenvalue weighted by Gasteiger charge is 2.26. The molecule has 7 nitrogen and oxygen atoms in total. The molecule has 2 aromatic rings. The van der Waals surface area contributed by atoms with Crippen molar-refractivity contribution in [2.45, 2.75) is 33.2 Å². The number of aryl methyl sites for hydroxylation is 2. The van der Waals surface area contributed by atoms with E-state index in [1.807, 2.05) is 36.9 Å². The first-order valence-electron chi connectivity index (χ1n) is 9.15. The van der Waals surface area contributed by atoms with Crippen molar-refractivity contribution in [3.63, 3.8) is 0 Å². The molecule has 2 aromatic heterocycles. The highest BCUT2D eigenvalue weighted by atomic mass is 32.1. The van der Waals surface area contributed by atoms with E-state index in [1.54, 1.807) is 6.20 Å². The van der Waals surface area contributed by atoms with Gasteiger partial charge in [-0.2, -0.15) is 0 Å². The zero-order valence-corrected chi connectivity index (χ0v) is 16.5. The first kappa shape index (κ1) is 19.4. The average Bonchev–Trinajstić information content (AvgIpc) is 2.97. The molecule has 1 saturated heterocycles. The van der Waals surface area contributed by atoms with E-state index in [0.29, 0.717) is 18.2 Å². The van der Waals surface area contributed by atoms with E-state index in [4.69, 9.17) is 0 Å². The predicted octanol–water partition coefficient (Wildman–Crippen LogP) is 2.12. The number of hydrogen-bond donors (Lipinski definition) is 2. The minimum absolute atomic E-state index is 0.0249. The number of thiazole rings is 1. The van der Waals surface area contributed by atoms with Crippen LogP contribution in [0, 0.1) is 19.8 Å². The van der Waals surface area contributed by atoms with Gasteiger partial charge >= 0.3 is 0 Å². The summed E-state index contributed by atoms with van der Waals surface area (Å²) >= 11 is 1.48. The number of hydrogen-bond acceptors (Lipinski definition) is 6. The number of carbonyl (C=O) groups excluding carboxylic acids is 2. The molecule has 0 aliphatic carbocycles. The van der Waals surface area contributed by atoms with Crippen molar-refractivity contribution in [2.24, 2.45) is 5.92 Å². The summed E-state index contributed by atoms with van der Waals surface area (Å²) in [6.45, 7) is 6.05. The summed E-state index contributed by atoms with van der Waals surface area (Å²) in [5.41, 5.74) is 1.78. The Morgan fingerprint density at radius 3 is 2.89 bits per heavy atom. The minimum atomic E-state index is -0.0976. The van der Waals surface area contributed by atoms with E-state index in [1.165, 1.54) is 11.3 Å². The standard InChI is InChI=1S/C19H25N5O2S/c1-13-14(2)27-19(22-13)23-17(25)12-24-9-5-6-15(11-24)18(26)21-10-16-7-3-4-8-20-16/h3-4,7-8,15H,5-6,9-12H2,1-2H3,(H,21,26)(H,22,23,25). The van der Waals surface area contributed by atoms with E-state index in [9.17, 15) is 9.59 Å². The molecular formula is C19H25N5O2S. The van der Waals surface area contributed by atoms with Crippen LogP contribution in [0.1, 0.15) is 29.1 Å². The second kappa shape index (κ2) is 9.05. The van der Waals surface area contributed by atoms with Crippen LogP contribution in [-0.2, 0) is 16.1 Å². The maximum atomic E-state index is 12.5. The van der Waals surface area contributed by atoms with Crippen LogP contribution in [0.3, 0.4) is 0 Å². The average molecular weight is 388 g/mol. The Bertz CT molecular complexity index is 773. The lowest BCUT2D eigenvalue weighted by Gasteiger charge is -2.31. The van der Waals surface area contributed by atoms with Gasteiger partial charge in [-0.15, -0.1) is 11.3 Å². The third-order valence-corrected chi connectivity index (χ3v) is 5.68. The Kier molecular flexibility index (Phi) is 6.52. The lowest BCUT2D eigenvalue weighted by molar-refractivity contribution is -0.128. The predicted molar refractivity (Wildman–Crippen MR) is 105 cm³/mol. The van der Waals surface area contributed by atoms with Crippen molar-refractivity contribution < 1.29 is 9.59 Å². The number of likely N-dealkylation sites (tertiary alicyclic amines) is 1. The number of amides is 2. The minimum Gasteiger partial charge on any atom is -0.350 e. The van der Waals surface area contributed by atoms with Gasteiger partial charge in [0.2, 0.25) is 11.8 Å². The summed E-state index contributed by atoms with van der Waals surface area (Å²) in [7, 11) is 0. The normalized spacial score (nSPS) is 17.5. The Morgan fingerprint density at radius 1 is 1.33 bits per heavy atom. The molecule has 2 amide bonds. The van der Waals surface area contributed by atoms with E-state index < -0.39 is 0 Å². The quantitative estimate of drug-likeness (QED) is 0.793. The number of pyridine rings is 1. The van der Waals surface area contributed by atoms with Gasteiger partial charge in [-0.1, -0.05) is 6.07 Å². The van der Waals surface area contributed by atoms with E-state index in [0.717, 1.165) is 35.7 Å². The highest BCUT2D eigenvalue weighted by molar-refractivity contribution is 7.15. The third-order valence-electron chi connectivity index (χ3n) is 4.69. The molecule has 1 atom stereocenters. The lowest BCUT2D eigenvalue weighted by Crippen LogP contribution is -2.45. The maximum Gasteiger partial charge on any atom is 0.240 e. The molecule has 8 heteroatoms. The fourth-order valence-corrected chi connectivity index (χ4v) is 3.96. The molecule has 144 valence electrons. The molecule has 3 rings (SSSR count). The molecule has 2 N–H and O–H groups in total. The largest absolute Gasteiger partial charge is 0.350 e. The van der Waals surface area contributed by atoms with Crippen LogP contribution in [0.4, 0.5) is 5.13 Å². The van der Waals surface area contributed by atoms with Crippen molar-refractivity contribution in [3.8, 4) is 0 Å². The Labute approximate surface area is 163 Å². The molecular weight excluding hydrogens is 362 g/mol. The first-order chi connectivity index (χ1) is 13.0. The molecule has 1 unspecified atom stereocenters. The van der Waals surface area contributed by atoms with Crippen molar-refractivity contribution in [2.75, 3.05) is 25.0 Å². The molecule has 0 bridgehead atoms. The summed E-state index contributed by atoms with van der Waals surface area (Å²) in [5, 5.41) is 6.45. The van der Waals surface area contributed by atoms with Gasteiger partial charge < -0.3 is 10.6 Å². The van der Waals surface area contributed by atoms with Gasteiger partial charge in [0.1, 0.15) is 0 Å². The number of aromatic nitrogens is 2. The highest BCUT2D eigenvalue weighted by Crippen LogP contribution is 2.21. The number of piperidine rings is 1. The van der Waals surface area contributed by atoms with E-state index in [-0.39, 0.29) is 24.3 Å². The summed E-state index contributed by atoms with van der Waals surface area (Å²) in [5.74, 6) is -0.158. The second-order valence-corrected chi connectivity index (χ2v) is 8.03. The van der Waals surface area contributed by atoms with Crippen LogP contribution in [0.5, 0.6) is 0 Å². The first-order valence-corrected chi connectivity index (χ1v) is 9.97. The van der Waals surface area contributed by atoms with Gasteiger partial charge in [0.15, 0.2) is 5.13 Å². The third kappa shape index (κ3) is 5.58. The van der Waals surface area contributed by atoms with Gasteiger partial charge in [-0.25, -0.2) is 4.98 Å². The monoisotopic (exact) mass is 387 g/mol. The van der Waals surface area contributed by atoms with Gasteiger partial charge in [0.25, 0.3) is 0 Å². The molecule has 0 radical (unpaired) electrons.